The first-order valence-corrected chi connectivity index (χ1v) is 19.4. The Bertz CT molecular complexity index is 2750. The van der Waals surface area contributed by atoms with Crippen molar-refractivity contribution in [3.63, 3.8) is 0 Å². The Morgan fingerprint density at radius 2 is 0.782 bits per heavy atom. The molecule has 0 saturated carbocycles. The van der Waals surface area contributed by atoms with Gasteiger partial charge in [-0.25, -0.2) is 0 Å². The van der Waals surface area contributed by atoms with Crippen LogP contribution in [0.3, 0.4) is 0 Å². The molecule has 0 spiro atoms. The molecule has 2 aliphatic rings. The lowest BCUT2D eigenvalue weighted by atomic mass is 9.81. The maximum Gasteiger partial charge on any atom is 0.0546 e. The van der Waals surface area contributed by atoms with Crippen molar-refractivity contribution in [2.24, 2.45) is 0 Å². The van der Waals surface area contributed by atoms with E-state index in [-0.39, 0.29) is 10.8 Å². The van der Waals surface area contributed by atoms with Gasteiger partial charge in [0.15, 0.2) is 0 Å². The zero-order valence-corrected chi connectivity index (χ0v) is 31.8. The van der Waals surface area contributed by atoms with E-state index in [4.69, 9.17) is 0 Å². The highest BCUT2D eigenvalue weighted by Crippen LogP contribution is 2.54. The van der Waals surface area contributed by atoms with Gasteiger partial charge in [0.05, 0.1) is 11.4 Å². The number of hydrogen-bond donors (Lipinski definition) is 0. The van der Waals surface area contributed by atoms with Crippen molar-refractivity contribution in [2.45, 2.75) is 38.5 Å². The first-order chi connectivity index (χ1) is 26.8. The average Bonchev–Trinajstić information content (AvgIpc) is 3.60. The van der Waals surface area contributed by atoms with Crippen LogP contribution in [0.2, 0.25) is 0 Å². The van der Waals surface area contributed by atoms with Crippen LogP contribution >= 0.6 is 0 Å². The van der Waals surface area contributed by atoms with E-state index in [2.05, 4.69) is 221 Å². The number of para-hydroxylation sites is 1. The molecule has 0 aromatic heterocycles. The SMILES string of the molecule is CC1(C)c2ccccc2-c2ccc(-c3ccccc3N(c3ccc4c(c3)C(C)(C)c3ccccc3-4)c3cccc(-c4ccccc4)c3-c3ccccc3)cc21. The van der Waals surface area contributed by atoms with Crippen molar-refractivity contribution in [1.82, 2.24) is 0 Å². The van der Waals surface area contributed by atoms with Gasteiger partial charge in [0.2, 0.25) is 0 Å². The minimum absolute atomic E-state index is 0.0956. The Kier molecular flexibility index (Phi) is 7.58. The van der Waals surface area contributed by atoms with Gasteiger partial charge in [0.1, 0.15) is 0 Å². The van der Waals surface area contributed by atoms with Gasteiger partial charge in [-0.15, -0.1) is 0 Å². The second-order valence-electron chi connectivity index (χ2n) is 16.1. The van der Waals surface area contributed by atoms with Crippen molar-refractivity contribution in [3.05, 3.63) is 210 Å². The zero-order valence-electron chi connectivity index (χ0n) is 31.8. The van der Waals surface area contributed by atoms with Gasteiger partial charge in [0.25, 0.3) is 0 Å². The molecule has 0 N–H and O–H groups in total. The zero-order chi connectivity index (χ0) is 37.3. The summed E-state index contributed by atoms with van der Waals surface area (Å²) in [5.74, 6) is 0. The molecule has 0 radical (unpaired) electrons. The third-order valence-corrected chi connectivity index (χ3v) is 12.3. The van der Waals surface area contributed by atoms with Gasteiger partial charge < -0.3 is 4.90 Å². The molecule has 0 heterocycles. The van der Waals surface area contributed by atoms with Crippen LogP contribution in [0.15, 0.2) is 188 Å². The maximum atomic E-state index is 2.52. The highest BCUT2D eigenvalue weighted by atomic mass is 15.1. The molecule has 0 aliphatic heterocycles. The molecule has 2 aliphatic carbocycles. The summed E-state index contributed by atoms with van der Waals surface area (Å²) >= 11 is 0. The number of fused-ring (bicyclic) bond motifs is 6. The van der Waals surface area contributed by atoms with Crippen molar-refractivity contribution in [3.8, 4) is 55.6 Å². The summed E-state index contributed by atoms with van der Waals surface area (Å²) in [7, 11) is 0. The van der Waals surface area contributed by atoms with Gasteiger partial charge in [-0.2, -0.15) is 0 Å². The molecule has 1 heteroatoms. The summed E-state index contributed by atoms with van der Waals surface area (Å²) < 4.78 is 0. The molecule has 0 amide bonds. The average molecular weight is 706 g/mol. The van der Waals surface area contributed by atoms with E-state index in [0.29, 0.717) is 0 Å². The summed E-state index contributed by atoms with van der Waals surface area (Å²) in [6, 6.07) is 69.6. The quantitative estimate of drug-likeness (QED) is 0.166. The van der Waals surface area contributed by atoms with Crippen LogP contribution in [0.1, 0.15) is 49.9 Å². The minimum atomic E-state index is -0.137. The molecule has 0 saturated heterocycles. The number of rotatable bonds is 6. The summed E-state index contributed by atoms with van der Waals surface area (Å²) in [5.41, 5.74) is 21.2. The van der Waals surface area contributed by atoms with Crippen molar-refractivity contribution < 1.29 is 0 Å². The van der Waals surface area contributed by atoms with Gasteiger partial charge in [0, 0.05) is 27.6 Å². The normalized spacial score (nSPS) is 14.1. The monoisotopic (exact) mass is 705 g/mol. The van der Waals surface area contributed by atoms with Crippen LogP contribution in [0.5, 0.6) is 0 Å². The standard InChI is InChI=1S/C54H43N/c1-53(2)46-26-14-11-23-42(46)44-32-30-38(34-48(44)53)40-22-13-16-28-50(40)55(39-31-33-45-43-24-12-15-27-47(43)54(3,4)49(45)35-39)51-29-17-25-41(36-18-7-5-8-19-36)52(51)37-20-9-6-10-21-37/h5-35H,1-4H3. The Labute approximate surface area is 325 Å². The third kappa shape index (κ3) is 5.14. The fourth-order valence-electron chi connectivity index (χ4n) is 9.52. The second kappa shape index (κ2) is 12.6. The Hall–Kier alpha value is -6.44. The van der Waals surface area contributed by atoms with Crippen LogP contribution < -0.4 is 4.90 Å². The van der Waals surface area contributed by atoms with E-state index in [1.807, 2.05) is 0 Å². The van der Waals surface area contributed by atoms with E-state index in [9.17, 15) is 0 Å². The lowest BCUT2D eigenvalue weighted by Crippen LogP contribution is -2.17. The molecule has 264 valence electrons. The molecule has 0 atom stereocenters. The van der Waals surface area contributed by atoms with E-state index < -0.39 is 0 Å². The van der Waals surface area contributed by atoms with Crippen LogP contribution in [-0.2, 0) is 10.8 Å². The van der Waals surface area contributed by atoms with E-state index in [1.54, 1.807) is 0 Å². The van der Waals surface area contributed by atoms with E-state index >= 15 is 0 Å². The summed E-state index contributed by atoms with van der Waals surface area (Å²) in [6.45, 7) is 9.47. The number of nitrogens with zero attached hydrogens (tertiary/aromatic N) is 1. The van der Waals surface area contributed by atoms with Crippen molar-refractivity contribution in [2.75, 3.05) is 4.90 Å². The summed E-state index contributed by atoms with van der Waals surface area (Å²) in [5, 5.41) is 0. The summed E-state index contributed by atoms with van der Waals surface area (Å²) in [4.78, 5) is 2.52. The van der Waals surface area contributed by atoms with E-state index in [1.165, 1.54) is 77.9 Å². The topological polar surface area (TPSA) is 3.24 Å². The molecule has 0 unspecified atom stereocenters. The lowest BCUT2D eigenvalue weighted by Gasteiger charge is -2.32. The molecular formula is C54H43N. The first kappa shape index (κ1) is 33.2. The summed E-state index contributed by atoms with van der Waals surface area (Å²) in [6.07, 6.45) is 0. The molecular weight excluding hydrogens is 663 g/mol. The molecule has 8 aromatic carbocycles. The predicted molar refractivity (Wildman–Crippen MR) is 233 cm³/mol. The smallest absolute Gasteiger partial charge is 0.0546 e. The van der Waals surface area contributed by atoms with Gasteiger partial charge in [-0.05, 0) is 97.1 Å². The second-order valence-corrected chi connectivity index (χ2v) is 16.1. The van der Waals surface area contributed by atoms with Gasteiger partial charge in [-0.1, -0.05) is 185 Å². The van der Waals surface area contributed by atoms with Crippen LogP contribution in [0, 0.1) is 0 Å². The van der Waals surface area contributed by atoms with Crippen LogP contribution in [0.25, 0.3) is 55.6 Å². The molecule has 55 heavy (non-hydrogen) atoms. The predicted octanol–water partition coefficient (Wildman–Crippen LogP) is 14.8. The molecule has 1 nitrogen and oxygen atoms in total. The number of benzene rings is 8. The minimum Gasteiger partial charge on any atom is -0.309 e. The third-order valence-electron chi connectivity index (χ3n) is 12.3. The number of hydrogen-bond acceptors (Lipinski definition) is 1. The Morgan fingerprint density at radius 3 is 1.44 bits per heavy atom. The van der Waals surface area contributed by atoms with Crippen LogP contribution in [-0.4, -0.2) is 0 Å². The fraction of sp³-hybridized carbons (Fsp3) is 0.111. The Morgan fingerprint density at radius 1 is 0.309 bits per heavy atom. The maximum absolute atomic E-state index is 2.52. The molecule has 8 aromatic rings. The first-order valence-electron chi connectivity index (χ1n) is 19.4. The van der Waals surface area contributed by atoms with E-state index in [0.717, 1.165) is 17.1 Å². The highest BCUT2D eigenvalue weighted by molar-refractivity contribution is 6.00. The highest BCUT2D eigenvalue weighted by Gasteiger charge is 2.37. The van der Waals surface area contributed by atoms with Crippen LogP contribution in [0.4, 0.5) is 17.1 Å². The van der Waals surface area contributed by atoms with Crippen molar-refractivity contribution in [1.29, 1.82) is 0 Å². The van der Waals surface area contributed by atoms with Crippen molar-refractivity contribution >= 4 is 17.1 Å². The van der Waals surface area contributed by atoms with Gasteiger partial charge >= 0.3 is 0 Å². The Balaban J connectivity index is 1.24. The lowest BCUT2D eigenvalue weighted by molar-refractivity contribution is 0.660. The largest absolute Gasteiger partial charge is 0.309 e. The molecule has 0 bridgehead atoms. The number of anilines is 3. The molecule has 10 rings (SSSR count). The molecule has 0 fully saturated rings. The van der Waals surface area contributed by atoms with Gasteiger partial charge in [-0.3, -0.25) is 0 Å². The fourth-order valence-corrected chi connectivity index (χ4v) is 9.52.